The molecule has 4 aromatic heterocycles. The van der Waals surface area contributed by atoms with Crippen LogP contribution in [0.3, 0.4) is 0 Å². The molecule has 0 aliphatic rings. The summed E-state index contributed by atoms with van der Waals surface area (Å²) in [7, 11) is 0. The van der Waals surface area contributed by atoms with Crippen LogP contribution in [0.15, 0.2) is 91.5 Å². The molecule has 0 saturated heterocycles. The first kappa shape index (κ1) is 25.2. The Morgan fingerprint density at radius 3 is 2.46 bits per heavy atom. The van der Waals surface area contributed by atoms with Gasteiger partial charge in [0.15, 0.2) is 5.82 Å². The summed E-state index contributed by atoms with van der Waals surface area (Å²) >= 11 is 0. The van der Waals surface area contributed by atoms with Crippen LogP contribution in [0.25, 0.3) is 22.6 Å². The Morgan fingerprint density at radius 2 is 1.74 bits per heavy atom. The van der Waals surface area contributed by atoms with Crippen molar-refractivity contribution >= 4 is 17.4 Å². The van der Waals surface area contributed by atoms with Crippen LogP contribution in [0.1, 0.15) is 40.3 Å². The molecule has 1 amide bonds. The number of aryl methyl sites for hydroxylation is 1. The van der Waals surface area contributed by atoms with E-state index >= 15 is 0 Å². The molecule has 0 aliphatic heterocycles. The number of hydrogen-bond acceptors (Lipinski definition) is 8. The van der Waals surface area contributed by atoms with Crippen molar-refractivity contribution in [2.75, 3.05) is 5.32 Å². The lowest BCUT2D eigenvalue weighted by molar-refractivity contribution is 0.0935. The Bertz CT molecular complexity index is 1650. The van der Waals surface area contributed by atoms with E-state index in [4.69, 9.17) is 5.26 Å². The van der Waals surface area contributed by atoms with Crippen LogP contribution in [-0.2, 0) is 0 Å². The van der Waals surface area contributed by atoms with Gasteiger partial charge in [-0.15, -0.1) is 0 Å². The summed E-state index contributed by atoms with van der Waals surface area (Å²) in [5.41, 5.74) is 5.58. The summed E-state index contributed by atoms with van der Waals surface area (Å²) < 4.78 is 0. The fourth-order valence-corrected chi connectivity index (χ4v) is 3.93. The number of nitrogens with one attached hydrogen (secondary N) is 2. The number of pyridine rings is 3. The Labute approximate surface area is 225 Å². The number of amides is 1. The molecule has 39 heavy (non-hydrogen) atoms. The second kappa shape index (κ2) is 11.3. The molecule has 1 unspecified atom stereocenters. The molecule has 0 fully saturated rings. The molecule has 9 heteroatoms. The van der Waals surface area contributed by atoms with Crippen molar-refractivity contribution in [3.05, 3.63) is 114 Å². The molecule has 1 aromatic carbocycles. The highest BCUT2D eigenvalue weighted by atomic mass is 16.1. The Hall–Kier alpha value is -5.49. The highest BCUT2D eigenvalue weighted by molar-refractivity contribution is 5.92. The number of hydrogen-bond donors (Lipinski definition) is 2. The van der Waals surface area contributed by atoms with Crippen LogP contribution in [0.2, 0.25) is 0 Å². The van der Waals surface area contributed by atoms with E-state index in [1.165, 1.54) is 6.20 Å². The van der Waals surface area contributed by atoms with Gasteiger partial charge >= 0.3 is 0 Å². The van der Waals surface area contributed by atoms with E-state index in [9.17, 15) is 4.79 Å². The van der Waals surface area contributed by atoms with Gasteiger partial charge < -0.3 is 10.6 Å². The first-order valence-electron chi connectivity index (χ1n) is 12.2. The number of aromatic nitrogens is 5. The summed E-state index contributed by atoms with van der Waals surface area (Å²) in [5.74, 6) is 0.717. The van der Waals surface area contributed by atoms with E-state index in [0.717, 1.165) is 22.5 Å². The van der Waals surface area contributed by atoms with Gasteiger partial charge in [-0.3, -0.25) is 19.7 Å². The Balaban J connectivity index is 1.26. The monoisotopic (exact) mass is 512 g/mol. The first-order valence-corrected chi connectivity index (χ1v) is 12.2. The Kier molecular flexibility index (Phi) is 7.28. The molecule has 190 valence electrons. The van der Waals surface area contributed by atoms with Gasteiger partial charge in [-0.25, -0.2) is 9.97 Å². The van der Waals surface area contributed by atoms with Crippen LogP contribution in [0.5, 0.6) is 0 Å². The molecular weight excluding hydrogens is 488 g/mol. The Morgan fingerprint density at radius 1 is 0.897 bits per heavy atom. The van der Waals surface area contributed by atoms with E-state index in [-0.39, 0.29) is 17.6 Å². The molecule has 0 bridgehead atoms. The SMILES string of the molecule is Cc1cc(Nc2cncc(C#N)c2)nc(-c2ccc(C(=O)NC(C)c3ccc(-c4ccccc4)nc3)nc2)n1. The number of carbonyl (C=O) groups is 1. The molecule has 0 aliphatic carbocycles. The van der Waals surface area contributed by atoms with Crippen molar-refractivity contribution in [3.63, 3.8) is 0 Å². The smallest absolute Gasteiger partial charge is 0.270 e. The number of anilines is 2. The summed E-state index contributed by atoms with van der Waals surface area (Å²) in [6.45, 7) is 3.76. The minimum atomic E-state index is -0.293. The zero-order valence-corrected chi connectivity index (χ0v) is 21.3. The molecule has 1 atom stereocenters. The number of rotatable bonds is 7. The average molecular weight is 513 g/mol. The lowest BCUT2D eigenvalue weighted by atomic mass is 10.1. The van der Waals surface area contributed by atoms with Crippen LogP contribution in [0.4, 0.5) is 11.5 Å². The van der Waals surface area contributed by atoms with E-state index < -0.39 is 0 Å². The molecule has 0 radical (unpaired) electrons. The second-order valence-corrected chi connectivity index (χ2v) is 8.89. The minimum Gasteiger partial charge on any atom is -0.344 e. The number of nitrogens with zero attached hydrogens (tertiary/aromatic N) is 6. The predicted molar refractivity (Wildman–Crippen MR) is 148 cm³/mol. The van der Waals surface area contributed by atoms with Crippen molar-refractivity contribution < 1.29 is 4.79 Å². The predicted octanol–water partition coefficient (Wildman–Crippen LogP) is 5.41. The maximum Gasteiger partial charge on any atom is 0.270 e. The van der Waals surface area contributed by atoms with Crippen molar-refractivity contribution in [3.8, 4) is 28.7 Å². The third-order valence-electron chi connectivity index (χ3n) is 5.95. The van der Waals surface area contributed by atoms with Gasteiger partial charge in [0.05, 0.1) is 29.2 Å². The molecule has 0 saturated carbocycles. The number of nitriles is 1. The summed E-state index contributed by atoms with van der Waals surface area (Å²) in [5, 5.41) is 15.2. The highest BCUT2D eigenvalue weighted by Crippen LogP contribution is 2.22. The summed E-state index contributed by atoms with van der Waals surface area (Å²) in [6, 6.07) is 22.5. The van der Waals surface area contributed by atoms with Gasteiger partial charge in [-0.05, 0) is 43.7 Å². The summed E-state index contributed by atoms with van der Waals surface area (Å²) in [6.07, 6.45) is 6.45. The van der Waals surface area contributed by atoms with Gasteiger partial charge in [-0.2, -0.15) is 5.26 Å². The molecule has 5 aromatic rings. The van der Waals surface area contributed by atoms with Crippen molar-refractivity contribution in [1.82, 2.24) is 30.2 Å². The average Bonchev–Trinajstić information content (AvgIpc) is 2.97. The maximum absolute atomic E-state index is 12.9. The fraction of sp³-hybridized carbons (Fsp3) is 0.100. The van der Waals surface area contributed by atoms with Gasteiger partial charge in [0, 0.05) is 41.5 Å². The van der Waals surface area contributed by atoms with E-state index in [1.54, 1.807) is 42.9 Å². The van der Waals surface area contributed by atoms with Gasteiger partial charge in [0.2, 0.25) is 0 Å². The normalized spacial score (nSPS) is 11.3. The topological polar surface area (TPSA) is 129 Å². The lowest BCUT2D eigenvalue weighted by Gasteiger charge is -2.14. The second-order valence-electron chi connectivity index (χ2n) is 8.89. The maximum atomic E-state index is 12.9. The third kappa shape index (κ3) is 6.09. The zero-order chi connectivity index (χ0) is 27.2. The van der Waals surface area contributed by atoms with Crippen molar-refractivity contribution in [1.29, 1.82) is 5.26 Å². The van der Waals surface area contributed by atoms with Crippen LogP contribution in [-0.4, -0.2) is 30.8 Å². The van der Waals surface area contributed by atoms with E-state index in [0.29, 0.717) is 28.5 Å². The quantitative estimate of drug-likeness (QED) is 0.296. The van der Waals surface area contributed by atoms with Gasteiger partial charge in [-0.1, -0.05) is 36.4 Å². The standard InChI is InChI=1S/C30H24N8O/c1-19-12-28(37-25-13-21(14-31)15-32-18-25)38-29(35-19)24-9-11-27(34-17-24)30(39)36-20(2)23-8-10-26(33-16-23)22-6-4-3-5-7-22/h3-13,15-18,20H,1-2H3,(H,36,39)(H,35,37,38). The van der Waals surface area contributed by atoms with Crippen molar-refractivity contribution in [2.45, 2.75) is 19.9 Å². The summed E-state index contributed by atoms with van der Waals surface area (Å²) in [4.78, 5) is 34.9. The third-order valence-corrected chi connectivity index (χ3v) is 5.95. The van der Waals surface area contributed by atoms with Gasteiger partial charge in [0.1, 0.15) is 17.6 Å². The molecule has 4 heterocycles. The van der Waals surface area contributed by atoms with E-state index in [1.807, 2.05) is 56.3 Å². The molecule has 5 rings (SSSR count). The number of carbonyl (C=O) groups excluding carboxylic acids is 1. The largest absolute Gasteiger partial charge is 0.344 e. The molecular formula is C30H24N8O. The first-order chi connectivity index (χ1) is 19.0. The highest BCUT2D eigenvalue weighted by Gasteiger charge is 2.14. The molecule has 9 nitrogen and oxygen atoms in total. The van der Waals surface area contributed by atoms with Gasteiger partial charge in [0.25, 0.3) is 5.91 Å². The van der Waals surface area contributed by atoms with Crippen LogP contribution < -0.4 is 10.6 Å². The van der Waals surface area contributed by atoms with Crippen LogP contribution in [0, 0.1) is 18.3 Å². The molecule has 0 spiro atoms. The zero-order valence-electron chi connectivity index (χ0n) is 21.3. The molecule has 2 N–H and O–H groups in total. The van der Waals surface area contributed by atoms with Crippen LogP contribution >= 0.6 is 0 Å². The lowest BCUT2D eigenvalue weighted by Crippen LogP contribution is -2.27. The fourth-order valence-electron chi connectivity index (χ4n) is 3.93. The minimum absolute atomic E-state index is 0.251. The van der Waals surface area contributed by atoms with E-state index in [2.05, 4.69) is 41.6 Å². The number of benzene rings is 1. The van der Waals surface area contributed by atoms with Crippen molar-refractivity contribution in [2.24, 2.45) is 0 Å².